The van der Waals surface area contributed by atoms with Gasteiger partial charge in [0.2, 0.25) is 0 Å². The first-order valence-electron chi connectivity index (χ1n) is 9.49. The van der Waals surface area contributed by atoms with Crippen molar-refractivity contribution in [1.29, 1.82) is 0 Å². The van der Waals surface area contributed by atoms with Crippen LogP contribution in [-0.4, -0.2) is 49.8 Å². The Labute approximate surface area is 173 Å². The predicted octanol–water partition coefficient (Wildman–Crippen LogP) is 2.21. The molecule has 1 aromatic heterocycles. The molecular weight excluding hydrogens is 386 g/mol. The largest absolute Gasteiger partial charge is 0.481 e. The Bertz CT molecular complexity index is 986. The number of amides is 1. The molecule has 8 nitrogen and oxygen atoms in total. The molecule has 8 heteroatoms. The zero-order chi connectivity index (χ0) is 21.5. The molecule has 0 unspecified atom stereocenters. The second kappa shape index (κ2) is 9.71. The lowest BCUT2D eigenvalue weighted by molar-refractivity contribution is -0.143. The molecule has 0 aliphatic carbocycles. The smallest absolute Gasteiger partial charge is 0.308 e. The number of carbonyl (C=O) groups excluding carboxylic acids is 1. The summed E-state index contributed by atoms with van der Waals surface area (Å²) in [7, 11) is 0. The normalized spacial score (nSPS) is 12.8. The lowest BCUT2D eigenvalue weighted by Crippen LogP contribution is -2.40. The highest BCUT2D eigenvalue weighted by atomic mass is 16.4. The van der Waals surface area contributed by atoms with E-state index in [9.17, 15) is 24.9 Å². The summed E-state index contributed by atoms with van der Waals surface area (Å²) in [6.45, 7) is -0.530. The van der Waals surface area contributed by atoms with Gasteiger partial charge in [-0.05, 0) is 29.5 Å². The molecule has 0 spiro atoms. The third kappa shape index (κ3) is 5.45. The first-order chi connectivity index (χ1) is 14.5. The van der Waals surface area contributed by atoms with Gasteiger partial charge in [-0.2, -0.15) is 4.98 Å². The Kier molecular flexibility index (Phi) is 6.82. The molecule has 156 valence electrons. The number of aromatic hydroxyl groups is 1. The van der Waals surface area contributed by atoms with Gasteiger partial charge in [0, 0.05) is 12.2 Å². The standard InChI is InChI=1S/C22H23N3O5/c26-13-17(21(28)29)11-18(24-20(27)19-12-23-22(30)25-19)10-14-6-8-16(9-7-14)15-4-2-1-3-5-15/h1-9,12,17-18,26H,10-11,13H2,(H,24,27)(H,28,29)(H2,23,25,30)/t17-,18+/m0/s1. The number of aliphatic carboxylic acids is 1. The van der Waals surface area contributed by atoms with Crippen molar-refractivity contribution in [1.82, 2.24) is 15.3 Å². The topological polar surface area (TPSA) is 136 Å². The monoisotopic (exact) mass is 409 g/mol. The number of imidazole rings is 1. The van der Waals surface area contributed by atoms with Gasteiger partial charge in [-0.15, -0.1) is 0 Å². The van der Waals surface area contributed by atoms with Crippen molar-refractivity contribution in [2.75, 3.05) is 6.61 Å². The quantitative estimate of drug-likeness (QED) is 0.368. The molecule has 0 fully saturated rings. The van der Waals surface area contributed by atoms with E-state index in [1.54, 1.807) is 0 Å². The van der Waals surface area contributed by atoms with Crippen LogP contribution < -0.4 is 5.32 Å². The molecule has 0 saturated heterocycles. The fourth-order valence-electron chi connectivity index (χ4n) is 3.23. The number of hydrogen-bond acceptors (Lipinski definition) is 5. The van der Waals surface area contributed by atoms with Crippen LogP contribution in [0, 0.1) is 5.92 Å². The van der Waals surface area contributed by atoms with Gasteiger partial charge in [0.1, 0.15) is 5.69 Å². The number of rotatable bonds is 9. The van der Waals surface area contributed by atoms with E-state index in [0.717, 1.165) is 16.7 Å². The highest BCUT2D eigenvalue weighted by molar-refractivity contribution is 5.92. The Hall–Kier alpha value is -3.65. The van der Waals surface area contributed by atoms with Crippen LogP contribution in [0.25, 0.3) is 11.1 Å². The number of hydrogen-bond donors (Lipinski definition) is 5. The fraction of sp³-hybridized carbons (Fsp3) is 0.227. The van der Waals surface area contributed by atoms with Gasteiger partial charge in [0.05, 0.1) is 12.5 Å². The lowest BCUT2D eigenvalue weighted by atomic mass is 9.94. The summed E-state index contributed by atoms with van der Waals surface area (Å²) in [6, 6.07) is 16.7. The van der Waals surface area contributed by atoms with Gasteiger partial charge in [0.25, 0.3) is 11.9 Å². The number of aromatic nitrogens is 2. The van der Waals surface area contributed by atoms with E-state index in [2.05, 4.69) is 15.3 Å². The Morgan fingerprint density at radius 3 is 2.27 bits per heavy atom. The summed E-state index contributed by atoms with van der Waals surface area (Å²) in [5.74, 6) is -2.68. The number of nitrogens with one attached hydrogen (secondary N) is 2. The fourth-order valence-corrected chi connectivity index (χ4v) is 3.23. The maximum atomic E-state index is 12.4. The summed E-state index contributed by atoms with van der Waals surface area (Å²) in [5.41, 5.74) is 3.03. The Balaban J connectivity index is 1.75. The van der Waals surface area contributed by atoms with Gasteiger partial charge in [-0.1, -0.05) is 54.6 Å². The van der Waals surface area contributed by atoms with Crippen molar-refractivity contribution in [3.05, 3.63) is 72.1 Å². The Morgan fingerprint density at radius 1 is 1.03 bits per heavy atom. The van der Waals surface area contributed by atoms with E-state index in [-0.39, 0.29) is 18.1 Å². The number of carboxylic acid groups (broad SMARTS) is 1. The number of carboxylic acids is 1. The number of aliphatic hydroxyl groups is 1. The number of aromatic amines is 1. The Morgan fingerprint density at radius 2 is 1.70 bits per heavy atom. The summed E-state index contributed by atoms with van der Waals surface area (Å²) in [4.78, 5) is 29.9. The van der Waals surface area contributed by atoms with Gasteiger partial charge in [-0.25, -0.2) is 0 Å². The number of benzene rings is 2. The van der Waals surface area contributed by atoms with Crippen molar-refractivity contribution < 1.29 is 24.9 Å². The van der Waals surface area contributed by atoms with Gasteiger partial charge in [-0.3, -0.25) is 9.59 Å². The molecule has 3 rings (SSSR count). The van der Waals surface area contributed by atoms with Crippen molar-refractivity contribution in [3.8, 4) is 17.1 Å². The van der Waals surface area contributed by atoms with Crippen molar-refractivity contribution in [2.45, 2.75) is 18.9 Å². The molecule has 5 N–H and O–H groups in total. The van der Waals surface area contributed by atoms with Gasteiger partial charge >= 0.3 is 5.97 Å². The molecule has 3 aromatic rings. The first-order valence-corrected chi connectivity index (χ1v) is 9.49. The van der Waals surface area contributed by atoms with E-state index >= 15 is 0 Å². The molecule has 1 heterocycles. The first kappa shape index (κ1) is 21.1. The van der Waals surface area contributed by atoms with Crippen LogP contribution in [0.3, 0.4) is 0 Å². The molecule has 0 saturated carbocycles. The van der Waals surface area contributed by atoms with Gasteiger partial charge < -0.3 is 25.6 Å². The summed E-state index contributed by atoms with van der Waals surface area (Å²) in [6.07, 6.45) is 1.69. The average molecular weight is 409 g/mol. The van der Waals surface area contributed by atoms with Crippen LogP contribution in [0.15, 0.2) is 60.8 Å². The SMILES string of the molecule is O=C(N[C@H](Cc1ccc(-c2ccccc2)cc1)C[C@@H](CO)C(=O)O)c1c[nH]c(O)n1. The molecule has 0 aliphatic heterocycles. The third-order valence-corrected chi connectivity index (χ3v) is 4.81. The minimum absolute atomic E-state index is 0.00667. The number of carbonyl (C=O) groups is 2. The second-order valence-electron chi connectivity index (χ2n) is 7.00. The van der Waals surface area contributed by atoms with Crippen LogP contribution in [0.4, 0.5) is 0 Å². The van der Waals surface area contributed by atoms with E-state index in [4.69, 9.17) is 0 Å². The van der Waals surface area contributed by atoms with Crippen LogP contribution in [0.5, 0.6) is 6.01 Å². The number of nitrogens with zero attached hydrogens (tertiary/aromatic N) is 1. The van der Waals surface area contributed by atoms with Crippen molar-refractivity contribution in [3.63, 3.8) is 0 Å². The van der Waals surface area contributed by atoms with Crippen LogP contribution in [0.1, 0.15) is 22.5 Å². The molecule has 0 bridgehead atoms. The summed E-state index contributed by atoms with van der Waals surface area (Å²) in [5, 5.41) is 30.7. The van der Waals surface area contributed by atoms with Crippen LogP contribution in [0.2, 0.25) is 0 Å². The highest BCUT2D eigenvalue weighted by Gasteiger charge is 2.24. The minimum atomic E-state index is -1.13. The van der Waals surface area contributed by atoms with Crippen LogP contribution >= 0.6 is 0 Å². The average Bonchev–Trinajstić information content (AvgIpc) is 3.19. The molecule has 0 radical (unpaired) electrons. The molecule has 30 heavy (non-hydrogen) atoms. The van der Waals surface area contributed by atoms with E-state index < -0.39 is 30.4 Å². The minimum Gasteiger partial charge on any atom is -0.481 e. The lowest BCUT2D eigenvalue weighted by Gasteiger charge is -2.21. The molecule has 2 atom stereocenters. The van der Waals surface area contributed by atoms with E-state index in [1.807, 2.05) is 54.6 Å². The zero-order valence-corrected chi connectivity index (χ0v) is 16.2. The summed E-state index contributed by atoms with van der Waals surface area (Å²) < 4.78 is 0. The molecule has 2 aromatic carbocycles. The van der Waals surface area contributed by atoms with E-state index in [1.165, 1.54) is 6.20 Å². The van der Waals surface area contributed by atoms with E-state index in [0.29, 0.717) is 6.42 Å². The molecule has 1 amide bonds. The van der Waals surface area contributed by atoms with Crippen molar-refractivity contribution >= 4 is 11.9 Å². The molecular formula is C22H23N3O5. The molecule has 0 aliphatic rings. The maximum Gasteiger partial charge on any atom is 0.308 e. The van der Waals surface area contributed by atoms with Crippen LogP contribution in [-0.2, 0) is 11.2 Å². The maximum absolute atomic E-state index is 12.4. The number of H-pyrrole nitrogens is 1. The highest BCUT2D eigenvalue weighted by Crippen LogP contribution is 2.21. The third-order valence-electron chi connectivity index (χ3n) is 4.81. The zero-order valence-electron chi connectivity index (χ0n) is 16.2. The van der Waals surface area contributed by atoms with Crippen molar-refractivity contribution in [2.24, 2.45) is 5.92 Å². The second-order valence-corrected chi connectivity index (χ2v) is 7.00. The number of aliphatic hydroxyl groups excluding tert-OH is 1. The summed E-state index contributed by atoms with van der Waals surface area (Å²) >= 11 is 0. The predicted molar refractivity (Wildman–Crippen MR) is 110 cm³/mol. The van der Waals surface area contributed by atoms with Gasteiger partial charge in [0.15, 0.2) is 0 Å².